The normalized spacial score (nSPS) is 12.3. The summed E-state index contributed by atoms with van der Waals surface area (Å²) in [6.07, 6.45) is 1.42. The van der Waals surface area contributed by atoms with E-state index >= 15 is 0 Å². The van der Waals surface area contributed by atoms with E-state index in [2.05, 4.69) is 0 Å². The summed E-state index contributed by atoms with van der Waals surface area (Å²) in [5.74, 6) is 1.49. The van der Waals surface area contributed by atoms with E-state index < -0.39 is 4.74 Å². The molecule has 0 saturated heterocycles. The molecule has 0 unspecified atom stereocenters. The van der Waals surface area contributed by atoms with Crippen molar-refractivity contribution in [2.45, 2.75) is 0 Å². The first-order chi connectivity index (χ1) is 5.06. The van der Waals surface area contributed by atoms with Crippen LogP contribution < -0.4 is 0 Å². The molecular formula is C5H9Cl2O2PS. The van der Waals surface area contributed by atoms with Gasteiger partial charge in [-0.05, 0) is 0 Å². The van der Waals surface area contributed by atoms with Crippen LogP contribution in [-0.4, -0.2) is 20.3 Å². The van der Waals surface area contributed by atoms with Crippen LogP contribution in [0.1, 0.15) is 0 Å². The molecule has 0 aromatic carbocycles. The highest BCUT2D eigenvalue weighted by Gasteiger charge is 1.99. The van der Waals surface area contributed by atoms with Crippen molar-refractivity contribution >= 4 is 39.0 Å². The molecule has 0 aromatic rings. The monoisotopic (exact) mass is 234 g/mol. The quantitative estimate of drug-likeness (QED) is 0.414. The van der Waals surface area contributed by atoms with Gasteiger partial charge in [0.15, 0.2) is 0 Å². The zero-order valence-corrected chi connectivity index (χ0v) is 9.22. The Balaban J connectivity index is 3.38. The second-order valence-electron chi connectivity index (χ2n) is 1.65. The molecule has 0 aliphatic carbocycles. The van der Waals surface area contributed by atoms with Crippen LogP contribution in [0.5, 0.6) is 0 Å². The molecule has 0 aromatic heterocycles. The SMILES string of the molecule is COCCOC=CP(=S)(Cl)Cl. The lowest BCUT2D eigenvalue weighted by Crippen LogP contribution is -1.96. The fourth-order valence-electron chi connectivity index (χ4n) is 0.313. The Morgan fingerprint density at radius 3 is 2.55 bits per heavy atom. The van der Waals surface area contributed by atoms with Gasteiger partial charge in [0.2, 0.25) is 0 Å². The van der Waals surface area contributed by atoms with Crippen LogP contribution in [0.2, 0.25) is 0 Å². The standard InChI is InChI=1S/C5H9Cl2O2PS/c1-8-2-3-9-4-5-10(6,7)11/h4-5H,2-3H2,1H3. The van der Waals surface area contributed by atoms with E-state index in [4.69, 9.17) is 43.8 Å². The van der Waals surface area contributed by atoms with E-state index in [1.165, 1.54) is 12.1 Å². The highest BCUT2D eigenvalue weighted by atomic mass is 35.9. The summed E-state index contributed by atoms with van der Waals surface area (Å²) in [7, 11) is 1.60. The van der Waals surface area contributed by atoms with Crippen LogP contribution in [0.3, 0.4) is 0 Å². The maximum Gasteiger partial charge on any atom is 0.143 e. The van der Waals surface area contributed by atoms with E-state index in [0.29, 0.717) is 13.2 Å². The lowest BCUT2D eigenvalue weighted by Gasteiger charge is -1.99. The summed E-state index contributed by atoms with van der Waals surface area (Å²) in [5, 5.41) is 0. The first-order valence-electron chi connectivity index (χ1n) is 2.83. The van der Waals surface area contributed by atoms with Crippen molar-refractivity contribution in [3.05, 3.63) is 12.1 Å². The third kappa shape index (κ3) is 10.7. The zero-order valence-electron chi connectivity index (χ0n) is 6.00. The van der Waals surface area contributed by atoms with Crippen molar-refractivity contribution in [1.29, 1.82) is 0 Å². The average Bonchev–Trinajstić information content (AvgIpc) is 1.85. The highest BCUT2D eigenvalue weighted by Crippen LogP contribution is 2.58. The maximum atomic E-state index is 5.54. The average molecular weight is 235 g/mol. The van der Waals surface area contributed by atoms with Crippen LogP contribution in [0.25, 0.3) is 0 Å². The van der Waals surface area contributed by atoms with Gasteiger partial charge >= 0.3 is 0 Å². The van der Waals surface area contributed by atoms with Crippen molar-refractivity contribution in [3.8, 4) is 0 Å². The molecule has 0 saturated carbocycles. The summed E-state index contributed by atoms with van der Waals surface area (Å²) in [5.41, 5.74) is 0. The minimum absolute atomic E-state index is 0.482. The molecule has 0 amide bonds. The summed E-state index contributed by atoms with van der Waals surface area (Å²) < 4.78 is 7.39. The first-order valence-corrected chi connectivity index (χ1v) is 7.51. The highest BCUT2D eigenvalue weighted by molar-refractivity contribution is 8.40. The van der Waals surface area contributed by atoms with Gasteiger partial charge in [-0.2, -0.15) is 0 Å². The summed E-state index contributed by atoms with van der Waals surface area (Å²) in [4.78, 5) is 0. The Morgan fingerprint density at radius 1 is 1.45 bits per heavy atom. The van der Waals surface area contributed by atoms with E-state index in [0.717, 1.165) is 0 Å². The van der Waals surface area contributed by atoms with E-state index in [1.54, 1.807) is 7.11 Å². The van der Waals surface area contributed by atoms with Gasteiger partial charge in [0.1, 0.15) is 11.4 Å². The van der Waals surface area contributed by atoms with Crippen LogP contribution in [0, 0.1) is 0 Å². The number of halogens is 2. The van der Waals surface area contributed by atoms with Crippen LogP contribution in [0.15, 0.2) is 12.1 Å². The van der Waals surface area contributed by atoms with Gasteiger partial charge in [0, 0.05) is 12.9 Å². The number of rotatable bonds is 5. The van der Waals surface area contributed by atoms with Crippen LogP contribution in [0.4, 0.5) is 0 Å². The number of methoxy groups -OCH3 is 1. The molecule has 0 aliphatic rings. The molecule has 2 nitrogen and oxygen atoms in total. The molecule has 0 rings (SSSR count). The zero-order chi connectivity index (χ0) is 8.74. The van der Waals surface area contributed by atoms with Crippen LogP contribution in [-0.2, 0) is 21.3 Å². The number of hydrogen-bond acceptors (Lipinski definition) is 3. The molecule has 0 heterocycles. The first kappa shape index (κ1) is 11.7. The van der Waals surface area contributed by atoms with Crippen molar-refractivity contribution in [3.63, 3.8) is 0 Å². The van der Waals surface area contributed by atoms with Crippen molar-refractivity contribution in [2.24, 2.45) is 0 Å². The summed E-state index contributed by atoms with van der Waals surface area (Å²) in [6.45, 7) is 1.02. The lowest BCUT2D eigenvalue weighted by atomic mass is 10.8. The Labute approximate surface area is 81.0 Å². The van der Waals surface area contributed by atoms with E-state index in [-0.39, 0.29) is 0 Å². The third-order valence-electron chi connectivity index (χ3n) is 0.736. The predicted molar refractivity (Wildman–Crippen MR) is 53.0 cm³/mol. The topological polar surface area (TPSA) is 18.5 Å². The molecule has 0 bridgehead atoms. The molecule has 66 valence electrons. The molecular weight excluding hydrogens is 226 g/mol. The minimum atomic E-state index is -2.28. The van der Waals surface area contributed by atoms with Gasteiger partial charge in [-0.25, -0.2) is 0 Å². The molecule has 11 heavy (non-hydrogen) atoms. The Hall–Kier alpha value is 0.730. The molecule has 6 heteroatoms. The summed E-state index contributed by atoms with van der Waals surface area (Å²) >= 11 is 15.8. The van der Waals surface area contributed by atoms with E-state index in [1.807, 2.05) is 0 Å². The van der Waals surface area contributed by atoms with E-state index in [9.17, 15) is 0 Å². The predicted octanol–water partition coefficient (Wildman–Crippen LogP) is 2.91. The van der Waals surface area contributed by atoms with Gasteiger partial charge in [-0.15, -0.1) is 0 Å². The van der Waals surface area contributed by atoms with Crippen molar-refractivity contribution < 1.29 is 9.47 Å². The van der Waals surface area contributed by atoms with Crippen molar-refractivity contribution in [2.75, 3.05) is 20.3 Å². The van der Waals surface area contributed by atoms with Gasteiger partial charge < -0.3 is 9.47 Å². The lowest BCUT2D eigenvalue weighted by molar-refractivity contribution is 0.124. The van der Waals surface area contributed by atoms with Gasteiger partial charge in [0.25, 0.3) is 0 Å². The van der Waals surface area contributed by atoms with Gasteiger partial charge in [0.05, 0.1) is 12.9 Å². The maximum absolute atomic E-state index is 5.54. The summed E-state index contributed by atoms with van der Waals surface area (Å²) in [6, 6.07) is 0. The smallest absolute Gasteiger partial charge is 0.143 e. The Bertz CT molecular complexity index is 168. The van der Waals surface area contributed by atoms with Crippen molar-refractivity contribution in [1.82, 2.24) is 0 Å². The third-order valence-corrected chi connectivity index (χ3v) is 2.25. The second kappa shape index (κ2) is 6.27. The minimum Gasteiger partial charge on any atom is -0.499 e. The van der Waals surface area contributed by atoms with Gasteiger partial charge in [-0.3, -0.25) is 0 Å². The molecule has 0 fully saturated rings. The molecule has 0 atom stereocenters. The fraction of sp³-hybridized carbons (Fsp3) is 0.600. The molecule has 0 radical (unpaired) electrons. The van der Waals surface area contributed by atoms with Crippen LogP contribution >= 0.6 is 27.2 Å². The fourth-order valence-corrected chi connectivity index (χ4v) is 0.966. The Kier molecular flexibility index (Phi) is 6.68. The Morgan fingerprint density at radius 2 is 2.09 bits per heavy atom. The number of hydrogen-bond donors (Lipinski definition) is 0. The molecule has 0 aliphatic heterocycles. The van der Waals surface area contributed by atoms with Gasteiger partial charge in [-0.1, -0.05) is 34.3 Å². The second-order valence-corrected chi connectivity index (χ2v) is 9.60. The largest absolute Gasteiger partial charge is 0.499 e. The molecule has 0 N–H and O–H groups in total. The number of ether oxygens (including phenoxy) is 2. The molecule has 0 spiro atoms.